The Balaban J connectivity index is 2.09. The molecule has 1 fully saturated rings. The average Bonchev–Trinajstić information content (AvgIpc) is 2.19. The minimum absolute atomic E-state index is 0.635. The van der Waals surface area contributed by atoms with Crippen molar-refractivity contribution in [1.82, 2.24) is 5.32 Å². The zero-order valence-electron chi connectivity index (χ0n) is 10.2. The normalized spacial score (nSPS) is 18.8. The number of rotatable bonds is 9. The lowest BCUT2D eigenvalue weighted by atomic mass is 9.67. The van der Waals surface area contributed by atoms with Gasteiger partial charge < -0.3 is 10.1 Å². The number of nitrogens with one attached hydrogen (secondary N) is 1. The highest BCUT2D eigenvalue weighted by molar-refractivity contribution is 7.99. The van der Waals surface area contributed by atoms with Crippen LogP contribution in [0.25, 0.3) is 0 Å². The monoisotopic (exact) mass is 231 g/mol. The summed E-state index contributed by atoms with van der Waals surface area (Å²) in [6.45, 7) is 5.27. The van der Waals surface area contributed by atoms with E-state index in [0.29, 0.717) is 5.41 Å². The zero-order valence-corrected chi connectivity index (χ0v) is 11.0. The fourth-order valence-electron chi connectivity index (χ4n) is 2.15. The molecule has 0 radical (unpaired) electrons. The van der Waals surface area contributed by atoms with Crippen LogP contribution in [-0.2, 0) is 4.74 Å². The SMILES string of the molecule is CCSCCC1(CNCCOC)CCC1. The molecule has 0 aliphatic heterocycles. The van der Waals surface area contributed by atoms with E-state index in [2.05, 4.69) is 24.0 Å². The largest absolute Gasteiger partial charge is 0.383 e. The van der Waals surface area contributed by atoms with E-state index in [1.807, 2.05) is 0 Å². The lowest BCUT2D eigenvalue weighted by molar-refractivity contribution is 0.119. The first-order valence-electron chi connectivity index (χ1n) is 6.10. The van der Waals surface area contributed by atoms with Gasteiger partial charge in [0, 0.05) is 20.2 Å². The van der Waals surface area contributed by atoms with Gasteiger partial charge >= 0.3 is 0 Å². The number of hydrogen-bond acceptors (Lipinski definition) is 3. The Labute approximate surface area is 98.5 Å². The van der Waals surface area contributed by atoms with Crippen LogP contribution in [0.4, 0.5) is 0 Å². The highest BCUT2D eigenvalue weighted by Crippen LogP contribution is 2.43. The Morgan fingerprint density at radius 1 is 1.40 bits per heavy atom. The molecule has 1 saturated carbocycles. The molecule has 0 aromatic rings. The third-order valence-corrected chi connectivity index (χ3v) is 4.28. The van der Waals surface area contributed by atoms with Crippen LogP contribution in [0.3, 0.4) is 0 Å². The molecular formula is C12H25NOS. The predicted molar refractivity (Wildman–Crippen MR) is 68.6 cm³/mol. The summed E-state index contributed by atoms with van der Waals surface area (Å²) in [6.07, 6.45) is 5.68. The van der Waals surface area contributed by atoms with E-state index in [1.54, 1.807) is 7.11 Å². The first kappa shape index (κ1) is 13.3. The second-order valence-electron chi connectivity index (χ2n) is 4.47. The lowest BCUT2D eigenvalue weighted by Crippen LogP contribution is -2.41. The molecule has 1 rings (SSSR count). The summed E-state index contributed by atoms with van der Waals surface area (Å²) in [5.74, 6) is 2.59. The van der Waals surface area contributed by atoms with Gasteiger partial charge in [0.1, 0.15) is 0 Å². The standard InChI is InChI=1S/C12H25NOS/c1-3-15-10-7-12(5-4-6-12)11-13-8-9-14-2/h13H,3-11H2,1-2H3. The van der Waals surface area contributed by atoms with Crippen molar-refractivity contribution in [2.45, 2.75) is 32.6 Å². The van der Waals surface area contributed by atoms with Crippen molar-refractivity contribution in [2.75, 3.05) is 38.3 Å². The van der Waals surface area contributed by atoms with Crippen molar-refractivity contribution in [3.05, 3.63) is 0 Å². The molecule has 0 saturated heterocycles. The van der Waals surface area contributed by atoms with Crippen molar-refractivity contribution in [2.24, 2.45) is 5.41 Å². The van der Waals surface area contributed by atoms with E-state index in [-0.39, 0.29) is 0 Å². The molecule has 0 bridgehead atoms. The van der Waals surface area contributed by atoms with Crippen molar-refractivity contribution in [3.8, 4) is 0 Å². The Morgan fingerprint density at radius 2 is 2.20 bits per heavy atom. The molecule has 0 atom stereocenters. The van der Waals surface area contributed by atoms with Gasteiger partial charge in [0.2, 0.25) is 0 Å². The molecule has 1 aliphatic rings. The fourth-order valence-corrected chi connectivity index (χ4v) is 3.02. The van der Waals surface area contributed by atoms with Crippen molar-refractivity contribution >= 4 is 11.8 Å². The van der Waals surface area contributed by atoms with Crippen LogP contribution in [0, 0.1) is 5.41 Å². The molecule has 15 heavy (non-hydrogen) atoms. The molecule has 0 heterocycles. The van der Waals surface area contributed by atoms with Crippen LogP contribution < -0.4 is 5.32 Å². The molecule has 0 spiro atoms. The first-order chi connectivity index (χ1) is 7.33. The van der Waals surface area contributed by atoms with Gasteiger partial charge in [-0.2, -0.15) is 11.8 Å². The summed E-state index contributed by atoms with van der Waals surface area (Å²) in [5, 5.41) is 3.52. The number of ether oxygens (including phenoxy) is 1. The van der Waals surface area contributed by atoms with Crippen LogP contribution in [0.1, 0.15) is 32.6 Å². The first-order valence-corrected chi connectivity index (χ1v) is 7.26. The second-order valence-corrected chi connectivity index (χ2v) is 5.86. The van der Waals surface area contributed by atoms with Crippen LogP contribution in [0.5, 0.6) is 0 Å². The average molecular weight is 231 g/mol. The predicted octanol–water partition coefficient (Wildman–Crippen LogP) is 2.54. The summed E-state index contributed by atoms with van der Waals surface area (Å²) >= 11 is 2.08. The van der Waals surface area contributed by atoms with Crippen LogP contribution in [0.2, 0.25) is 0 Å². The molecule has 0 aromatic carbocycles. The summed E-state index contributed by atoms with van der Waals surface area (Å²) in [7, 11) is 1.76. The fraction of sp³-hybridized carbons (Fsp3) is 1.00. The van der Waals surface area contributed by atoms with Gasteiger partial charge in [0.25, 0.3) is 0 Å². The van der Waals surface area contributed by atoms with Gasteiger partial charge in [-0.25, -0.2) is 0 Å². The summed E-state index contributed by atoms with van der Waals surface area (Å²) < 4.78 is 5.04. The molecule has 0 amide bonds. The molecule has 90 valence electrons. The molecule has 0 unspecified atom stereocenters. The van der Waals surface area contributed by atoms with Gasteiger partial charge in [-0.05, 0) is 36.2 Å². The third-order valence-electron chi connectivity index (χ3n) is 3.38. The second kappa shape index (κ2) is 7.53. The van der Waals surface area contributed by atoms with Crippen molar-refractivity contribution in [1.29, 1.82) is 0 Å². The minimum atomic E-state index is 0.635. The summed E-state index contributed by atoms with van der Waals surface area (Å²) in [5.41, 5.74) is 0.635. The van der Waals surface area contributed by atoms with E-state index < -0.39 is 0 Å². The minimum Gasteiger partial charge on any atom is -0.383 e. The van der Waals surface area contributed by atoms with Crippen LogP contribution >= 0.6 is 11.8 Å². The maximum absolute atomic E-state index is 5.04. The van der Waals surface area contributed by atoms with E-state index in [9.17, 15) is 0 Å². The lowest BCUT2D eigenvalue weighted by Gasteiger charge is -2.42. The zero-order chi connectivity index (χ0) is 11.0. The highest BCUT2D eigenvalue weighted by Gasteiger charge is 2.35. The van der Waals surface area contributed by atoms with Crippen LogP contribution in [-0.4, -0.2) is 38.3 Å². The topological polar surface area (TPSA) is 21.3 Å². The van der Waals surface area contributed by atoms with E-state index >= 15 is 0 Å². The van der Waals surface area contributed by atoms with Crippen LogP contribution in [0.15, 0.2) is 0 Å². The van der Waals surface area contributed by atoms with Gasteiger partial charge in [0.15, 0.2) is 0 Å². The Morgan fingerprint density at radius 3 is 2.73 bits per heavy atom. The number of thioether (sulfide) groups is 1. The Hall–Kier alpha value is 0.270. The summed E-state index contributed by atoms with van der Waals surface area (Å²) in [4.78, 5) is 0. The maximum atomic E-state index is 5.04. The highest BCUT2D eigenvalue weighted by atomic mass is 32.2. The Bertz CT molecular complexity index is 160. The molecule has 3 heteroatoms. The van der Waals surface area contributed by atoms with Gasteiger partial charge in [-0.15, -0.1) is 0 Å². The number of hydrogen-bond donors (Lipinski definition) is 1. The smallest absolute Gasteiger partial charge is 0.0587 e. The third kappa shape index (κ3) is 4.75. The van der Waals surface area contributed by atoms with Gasteiger partial charge in [0.05, 0.1) is 6.61 Å². The molecular weight excluding hydrogens is 206 g/mol. The molecule has 1 aliphatic carbocycles. The number of methoxy groups -OCH3 is 1. The molecule has 2 nitrogen and oxygen atoms in total. The van der Waals surface area contributed by atoms with Gasteiger partial charge in [-0.3, -0.25) is 0 Å². The maximum Gasteiger partial charge on any atom is 0.0587 e. The van der Waals surface area contributed by atoms with Crippen molar-refractivity contribution < 1.29 is 4.74 Å². The van der Waals surface area contributed by atoms with E-state index in [4.69, 9.17) is 4.74 Å². The quantitative estimate of drug-likeness (QED) is 0.616. The van der Waals surface area contributed by atoms with Gasteiger partial charge in [-0.1, -0.05) is 13.3 Å². The van der Waals surface area contributed by atoms with Crippen molar-refractivity contribution in [3.63, 3.8) is 0 Å². The Kier molecular flexibility index (Phi) is 6.69. The summed E-state index contributed by atoms with van der Waals surface area (Å²) in [6, 6.07) is 0. The van der Waals surface area contributed by atoms with E-state index in [0.717, 1.165) is 13.2 Å². The molecule has 0 aromatic heterocycles. The van der Waals surface area contributed by atoms with E-state index in [1.165, 1.54) is 43.7 Å². The molecule has 1 N–H and O–H groups in total.